The van der Waals surface area contributed by atoms with Gasteiger partial charge in [0.05, 0.1) is 18.3 Å². The molecule has 0 aliphatic heterocycles. The van der Waals surface area contributed by atoms with Gasteiger partial charge in [0.1, 0.15) is 0 Å². The van der Waals surface area contributed by atoms with Crippen LogP contribution in [0.1, 0.15) is 31.4 Å². The number of nitrogens with one attached hydrogen (secondary N) is 3. The lowest BCUT2D eigenvalue weighted by Crippen LogP contribution is -2.42. The first-order valence-corrected chi connectivity index (χ1v) is 5.09. The van der Waals surface area contributed by atoms with E-state index in [9.17, 15) is 0 Å². The van der Waals surface area contributed by atoms with Gasteiger partial charge in [-0.15, -0.1) is 0 Å². The van der Waals surface area contributed by atoms with Crippen LogP contribution < -0.4 is 16.6 Å². The van der Waals surface area contributed by atoms with Crippen LogP contribution in [0.25, 0.3) is 0 Å². The fourth-order valence-corrected chi connectivity index (χ4v) is 1.29. The Morgan fingerprint density at radius 3 is 3.07 bits per heavy atom. The summed E-state index contributed by atoms with van der Waals surface area (Å²) in [6, 6.07) is 0.581. The average Bonchev–Trinajstić information content (AvgIpc) is 2.88. The number of nitrogens with zero attached hydrogens (tertiary/aromatic N) is 2. The van der Waals surface area contributed by atoms with E-state index in [-0.39, 0.29) is 6.04 Å². The second kappa shape index (κ2) is 4.31. The van der Waals surface area contributed by atoms with E-state index >= 15 is 0 Å². The van der Waals surface area contributed by atoms with Crippen molar-refractivity contribution in [3.8, 4) is 0 Å². The average molecular weight is 208 g/mol. The van der Waals surface area contributed by atoms with E-state index in [1.54, 1.807) is 6.20 Å². The summed E-state index contributed by atoms with van der Waals surface area (Å²) in [5.74, 6) is 6.03. The van der Waals surface area contributed by atoms with Gasteiger partial charge in [0.2, 0.25) is 5.96 Å². The molecule has 1 atom stereocenters. The van der Waals surface area contributed by atoms with Crippen LogP contribution in [-0.4, -0.2) is 22.2 Å². The van der Waals surface area contributed by atoms with Crippen LogP contribution in [0.2, 0.25) is 0 Å². The third-order valence-electron chi connectivity index (χ3n) is 2.37. The Hall–Kier alpha value is -1.56. The quantitative estimate of drug-likeness (QED) is 0.244. The number of H-pyrrole nitrogens is 1. The molecule has 2 rings (SSSR count). The van der Waals surface area contributed by atoms with Crippen LogP contribution in [0.4, 0.5) is 0 Å². The van der Waals surface area contributed by atoms with E-state index in [2.05, 4.69) is 25.9 Å². The second-order valence-electron chi connectivity index (χ2n) is 3.75. The molecule has 1 aliphatic carbocycles. The molecule has 1 aliphatic rings. The van der Waals surface area contributed by atoms with Gasteiger partial charge >= 0.3 is 0 Å². The van der Waals surface area contributed by atoms with Gasteiger partial charge in [0.25, 0.3) is 0 Å². The predicted molar refractivity (Wildman–Crippen MR) is 57.9 cm³/mol. The highest BCUT2D eigenvalue weighted by Gasteiger charge is 2.21. The summed E-state index contributed by atoms with van der Waals surface area (Å²) < 4.78 is 0. The largest absolute Gasteiger partial charge is 0.349 e. The summed E-state index contributed by atoms with van der Waals surface area (Å²) in [6.07, 6.45) is 5.95. The summed E-state index contributed by atoms with van der Waals surface area (Å²) >= 11 is 0. The van der Waals surface area contributed by atoms with E-state index in [4.69, 9.17) is 5.84 Å². The van der Waals surface area contributed by atoms with Crippen LogP contribution in [0.5, 0.6) is 0 Å². The number of guanidine groups is 1. The standard InChI is InChI=1S/C9H16N6/c1-6(7-4-11-12-5-7)13-9(15-10)14-8-2-3-8/h4-6,8H,2-3,10H2,1H3,(H,11,12)(H2,13,14,15). The van der Waals surface area contributed by atoms with Crippen molar-refractivity contribution >= 4 is 5.96 Å². The molecule has 1 saturated carbocycles. The molecule has 0 radical (unpaired) electrons. The first-order chi connectivity index (χ1) is 7.29. The molecule has 1 aromatic rings. The summed E-state index contributed by atoms with van der Waals surface area (Å²) in [6.45, 7) is 2.03. The van der Waals surface area contributed by atoms with Gasteiger partial charge in [0, 0.05) is 11.8 Å². The number of nitrogens with two attached hydrogens (primary N) is 1. The van der Waals surface area contributed by atoms with Gasteiger partial charge in [-0.1, -0.05) is 0 Å². The summed E-state index contributed by atoms with van der Waals surface area (Å²) in [5.41, 5.74) is 3.65. The number of hydrogen-bond donors (Lipinski definition) is 4. The summed E-state index contributed by atoms with van der Waals surface area (Å²) in [4.78, 5) is 4.40. The third-order valence-corrected chi connectivity index (χ3v) is 2.37. The predicted octanol–water partition coefficient (Wildman–Crippen LogP) is 0.0420. The van der Waals surface area contributed by atoms with Gasteiger partial charge < -0.3 is 5.32 Å². The topological polar surface area (TPSA) is 91.1 Å². The zero-order chi connectivity index (χ0) is 10.7. The van der Waals surface area contributed by atoms with E-state index < -0.39 is 0 Å². The number of rotatable bonds is 3. The zero-order valence-corrected chi connectivity index (χ0v) is 8.70. The number of hydrazine groups is 1. The van der Waals surface area contributed by atoms with Crippen molar-refractivity contribution in [2.45, 2.75) is 31.8 Å². The first-order valence-electron chi connectivity index (χ1n) is 5.09. The maximum absolute atomic E-state index is 5.38. The molecule has 6 heteroatoms. The number of hydrogen-bond acceptors (Lipinski definition) is 3. The van der Waals surface area contributed by atoms with Crippen LogP contribution >= 0.6 is 0 Å². The molecular formula is C9H16N6. The lowest BCUT2D eigenvalue weighted by Gasteiger charge is -2.14. The Morgan fingerprint density at radius 2 is 2.53 bits per heavy atom. The Bertz CT molecular complexity index is 326. The number of aromatic amines is 1. The van der Waals surface area contributed by atoms with Crippen molar-refractivity contribution in [3.05, 3.63) is 18.0 Å². The van der Waals surface area contributed by atoms with Crippen LogP contribution in [0.15, 0.2) is 17.4 Å². The lowest BCUT2D eigenvalue weighted by atomic mass is 10.2. The first kappa shape index (κ1) is 9.97. The van der Waals surface area contributed by atoms with E-state index in [1.807, 2.05) is 13.1 Å². The van der Waals surface area contributed by atoms with E-state index in [0.717, 1.165) is 18.4 Å². The van der Waals surface area contributed by atoms with Crippen molar-refractivity contribution < 1.29 is 0 Å². The molecule has 1 unspecified atom stereocenters. The maximum Gasteiger partial charge on any atom is 0.206 e. The molecule has 82 valence electrons. The normalized spacial score (nSPS) is 18.7. The van der Waals surface area contributed by atoms with Crippen LogP contribution in [0, 0.1) is 0 Å². The molecule has 0 aromatic carbocycles. The van der Waals surface area contributed by atoms with Crippen LogP contribution in [0.3, 0.4) is 0 Å². The highest BCUT2D eigenvalue weighted by molar-refractivity contribution is 5.79. The van der Waals surface area contributed by atoms with Crippen molar-refractivity contribution in [2.24, 2.45) is 10.8 Å². The number of aromatic nitrogens is 2. The van der Waals surface area contributed by atoms with Crippen molar-refractivity contribution in [1.29, 1.82) is 0 Å². The monoisotopic (exact) mass is 208 g/mol. The molecule has 1 fully saturated rings. The SMILES string of the molecule is CC(NC(=NC1CC1)NN)c1cn[nH]c1. The highest BCUT2D eigenvalue weighted by atomic mass is 15.3. The van der Waals surface area contributed by atoms with Crippen molar-refractivity contribution in [1.82, 2.24) is 20.9 Å². The van der Waals surface area contributed by atoms with Gasteiger partial charge in [-0.25, -0.2) is 10.8 Å². The third kappa shape index (κ3) is 2.69. The molecule has 0 spiro atoms. The lowest BCUT2D eigenvalue weighted by molar-refractivity contribution is 0.688. The molecule has 0 bridgehead atoms. The Morgan fingerprint density at radius 1 is 1.73 bits per heavy atom. The van der Waals surface area contributed by atoms with Gasteiger partial charge in [0.15, 0.2) is 0 Å². The minimum absolute atomic E-state index is 0.136. The zero-order valence-electron chi connectivity index (χ0n) is 8.70. The highest BCUT2D eigenvalue weighted by Crippen LogP contribution is 2.23. The Balaban J connectivity index is 1.94. The summed E-state index contributed by atoms with van der Waals surface area (Å²) in [7, 11) is 0. The van der Waals surface area contributed by atoms with E-state index in [1.165, 1.54) is 0 Å². The van der Waals surface area contributed by atoms with Crippen molar-refractivity contribution in [3.63, 3.8) is 0 Å². The molecule has 0 saturated heterocycles. The minimum atomic E-state index is 0.136. The molecule has 15 heavy (non-hydrogen) atoms. The van der Waals surface area contributed by atoms with Gasteiger partial charge in [-0.3, -0.25) is 10.5 Å². The van der Waals surface area contributed by atoms with Crippen LogP contribution in [-0.2, 0) is 0 Å². The molecule has 1 heterocycles. The molecular weight excluding hydrogens is 192 g/mol. The van der Waals surface area contributed by atoms with E-state index in [0.29, 0.717) is 12.0 Å². The Labute approximate surface area is 88.3 Å². The smallest absolute Gasteiger partial charge is 0.206 e. The summed E-state index contributed by atoms with van der Waals surface area (Å²) in [5, 5.41) is 9.86. The fraction of sp³-hybridized carbons (Fsp3) is 0.556. The molecule has 0 amide bonds. The van der Waals surface area contributed by atoms with Crippen molar-refractivity contribution in [2.75, 3.05) is 0 Å². The molecule has 1 aromatic heterocycles. The fourth-order valence-electron chi connectivity index (χ4n) is 1.29. The molecule has 5 N–H and O–H groups in total. The van der Waals surface area contributed by atoms with Gasteiger partial charge in [-0.05, 0) is 19.8 Å². The molecule has 6 nitrogen and oxygen atoms in total. The minimum Gasteiger partial charge on any atom is -0.349 e. The number of aliphatic imine (C=N–C) groups is 1. The van der Waals surface area contributed by atoms with Gasteiger partial charge in [-0.2, -0.15) is 5.10 Å². The maximum atomic E-state index is 5.38. The Kier molecular flexibility index (Phi) is 2.86. The second-order valence-corrected chi connectivity index (χ2v) is 3.75.